The summed E-state index contributed by atoms with van der Waals surface area (Å²) in [6.45, 7) is 3.73. The van der Waals surface area contributed by atoms with Crippen molar-refractivity contribution in [1.29, 1.82) is 0 Å². The number of aromatic nitrogens is 2. The van der Waals surface area contributed by atoms with E-state index >= 15 is 0 Å². The average Bonchev–Trinajstić information content (AvgIpc) is 2.91. The lowest BCUT2D eigenvalue weighted by molar-refractivity contribution is -0.917. The molecule has 0 aliphatic carbocycles. The van der Waals surface area contributed by atoms with Crippen LogP contribution in [-0.4, -0.2) is 16.8 Å². The third-order valence-corrected chi connectivity index (χ3v) is 4.09. The molecule has 1 heterocycles. The van der Waals surface area contributed by atoms with Crippen LogP contribution in [0, 0.1) is 11.8 Å². The number of benzene rings is 2. The van der Waals surface area contributed by atoms with Crippen molar-refractivity contribution in [3.8, 4) is 11.5 Å². The number of aryl methyl sites for hydroxylation is 1. The molecular formula is C18H20N3OS+. The van der Waals surface area contributed by atoms with Gasteiger partial charge in [0, 0.05) is 11.1 Å². The van der Waals surface area contributed by atoms with Crippen LogP contribution in [0.5, 0.6) is 0 Å². The van der Waals surface area contributed by atoms with Gasteiger partial charge in [-0.25, -0.2) is 0 Å². The summed E-state index contributed by atoms with van der Waals surface area (Å²) in [6, 6.07) is 18.3. The maximum atomic E-state index is 5.63. The lowest BCUT2D eigenvalue weighted by Gasteiger charge is -2.14. The molecule has 0 aliphatic rings. The molecule has 0 fully saturated rings. The molecular weight excluding hydrogens is 306 g/mol. The van der Waals surface area contributed by atoms with E-state index in [-0.39, 0.29) is 0 Å². The second-order valence-corrected chi connectivity index (χ2v) is 6.11. The number of nitrogens with one attached hydrogen (secondary N) is 1. The van der Waals surface area contributed by atoms with Gasteiger partial charge in [0.2, 0.25) is 5.89 Å². The van der Waals surface area contributed by atoms with Crippen molar-refractivity contribution in [2.75, 3.05) is 7.05 Å². The minimum Gasteiger partial charge on any atom is -0.409 e. The molecule has 3 aromatic rings. The van der Waals surface area contributed by atoms with Gasteiger partial charge in [-0.05, 0) is 36.8 Å². The quantitative estimate of drug-likeness (QED) is 0.732. The first kappa shape index (κ1) is 15.6. The molecule has 1 unspecified atom stereocenters. The van der Waals surface area contributed by atoms with E-state index in [0.29, 0.717) is 17.4 Å². The van der Waals surface area contributed by atoms with Gasteiger partial charge in [-0.15, -0.1) is 5.10 Å². The Labute approximate surface area is 141 Å². The van der Waals surface area contributed by atoms with Gasteiger partial charge in [-0.3, -0.25) is 0 Å². The highest BCUT2D eigenvalue weighted by Crippen LogP contribution is 2.16. The van der Waals surface area contributed by atoms with E-state index < -0.39 is 0 Å². The summed E-state index contributed by atoms with van der Waals surface area (Å²) in [5.74, 6) is 0.569. The summed E-state index contributed by atoms with van der Waals surface area (Å²) in [7, 11) is 2.13. The lowest BCUT2D eigenvalue weighted by Crippen LogP contribution is -3.07. The van der Waals surface area contributed by atoms with Gasteiger partial charge in [0.1, 0.15) is 6.54 Å². The Morgan fingerprint density at radius 2 is 1.78 bits per heavy atom. The van der Waals surface area contributed by atoms with Crippen LogP contribution < -0.4 is 4.90 Å². The second-order valence-electron chi connectivity index (χ2n) is 5.76. The van der Waals surface area contributed by atoms with Crippen LogP contribution in [0.1, 0.15) is 11.1 Å². The van der Waals surface area contributed by atoms with Crippen molar-refractivity contribution in [3.63, 3.8) is 0 Å². The third-order valence-electron chi connectivity index (χ3n) is 3.80. The van der Waals surface area contributed by atoms with Crippen molar-refractivity contribution in [2.24, 2.45) is 0 Å². The SMILES string of the molecule is Cc1ccccc1C[NH+](C)Cn1nc(-c2ccccc2)oc1=S. The zero-order valence-electron chi connectivity index (χ0n) is 13.3. The molecule has 1 N–H and O–H groups in total. The minimum absolute atomic E-state index is 0.410. The van der Waals surface area contributed by atoms with Crippen molar-refractivity contribution in [3.05, 3.63) is 70.6 Å². The summed E-state index contributed by atoms with van der Waals surface area (Å²) < 4.78 is 7.38. The van der Waals surface area contributed by atoms with Gasteiger partial charge < -0.3 is 9.32 Å². The predicted octanol–water partition coefficient (Wildman–Crippen LogP) is 2.85. The minimum atomic E-state index is 0.410. The third kappa shape index (κ3) is 3.75. The predicted molar refractivity (Wildman–Crippen MR) is 92.5 cm³/mol. The summed E-state index contributed by atoms with van der Waals surface area (Å²) in [5.41, 5.74) is 3.58. The number of hydrogen-bond donors (Lipinski definition) is 1. The lowest BCUT2D eigenvalue weighted by atomic mass is 10.1. The first-order valence-corrected chi connectivity index (χ1v) is 8.03. The number of hydrogen-bond acceptors (Lipinski definition) is 3. The summed E-state index contributed by atoms with van der Waals surface area (Å²) in [4.78, 5) is 1.70. The monoisotopic (exact) mass is 326 g/mol. The molecule has 0 amide bonds. The smallest absolute Gasteiger partial charge is 0.292 e. The topological polar surface area (TPSA) is 35.4 Å². The zero-order chi connectivity index (χ0) is 16.2. The van der Waals surface area contributed by atoms with Gasteiger partial charge in [0.25, 0.3) is 4.84 Å². The number of nitrogens with zero attached hydrogens (tertiary/aromatic N) is 2. The van der Waals surface area contributed by atoms with Crippen LogP contribution in [0.2, 0.25) is 0 Å². The largest absolute Gasteiger partial charge is 0.409 e. The van der Waals surface area contributed by atoms with E-state index in [1.54, 1.807) is 4.68 Å². The maximum absolute atomic E-state index is 5.63. The summed E-state index contributed by atoms with van der Waals surface area (Å²) in [6.07, 6.45) is 0. The Bertz CT molecular complexity index is 839. The Balaban J connectivity index is 1.74. The van der Waals surface area contributed by atoms with Crippen LogP contribution in [0.3, 0.4) is 0 Å². The molecule has 0 bridgehead atoms. The van der Waals surface area contributed by atoms with Gasteiger partial charge in [0.15, 0.2) is 6.67 Å². The van der Waals surface area contributed by atoms with E-state index in [2.05, 4.69) is 43.3 Å². The van der Waals surface area contributed by atoms with E-state index in [9.17, 15) is 0 Å². The standard InChI is InChI=1S/C18H19N3OS/c1-14-8-6-7-11-16(14)12-20(2)13-21-18(23)22-17(19-21)15-9-4-3-5-10-15/h3-11H,12-13H2,1-2H3/p+1. The van der Waals surface area contributed by atoms with Gasteiger partial charge >= 0.3 is 0 Å². The van der Waals surface area contributed by atoms with Gasteiger partial charge in [-0.2, -0.15) is 4.68 Å². The molecule has 0 radical (unpaired) electrons. The average molecular weight is 326 g/mol. The Morgan fingerprint density at radius 1 is 1.09 bits per heavy atom. The summed E-state index contributed by atoms with van der Waals surface area (Å²) >= 11 is 5.30. The Hall–Kier alpha value is -2.24. The molecule has 0 saturated heterocycles. The van der Waals surface area contributed by atoms with E-state index in [1.807, 2.05) is 30.3 Å². The van der Waals surface area contributed by atoms with Crippen LogP contribution in [0.15, 0.2) is 59.0 Å². The zero-order valence-corrected chi connectivity index (χ0v) is 14.1. The fourth-order valence-corrected chi connectivity index (χ4v) is 2.73. The van der Waals surface area contributed by atoms with Crippen molar-refractivity contribution >= 4 is 12.2 Å². The molecule has 0 spiro atoms. The highest BCUT2D eigenvalue weighted by molar-refractivity contribution is 7.71. The molecule has 3 rings (SSSR count). The van der Waals surface area contributed by atoms with E-state index in [1.165, 1.54) is 16.0 Å². The van der Waals surface area contributed by atoms with Gasteiger partial charge in [-0.1, -0.05) is 42.5 Å². The molecule has 1 aromatic heterocycles. The van der Waals surface area contributed by atoms with E-state index in [4.69, 9.17) is 16.6 Å². The van der Waals surface area contributed by atoms with Crippen LogP contribution in [-0.2, 0) is 13.2 Å². The van der Waals surface area contributed by atoms with E-state index in [0.717, 1.165) is 12.1 Å². The fourth-order valence-electron chi connectivity index (χ4n) is 2.55. The van der Waals surface area contributed by atoms with Crippen molar-refractivity contribution < 1.29 is 9.32 Å². The normalized spacial score (nSPS) is 12.3. The highest BCUT2D eigenvalue weighted by atomic mass is 32.1. The van der Waals surface area contributed by atoms with Crippen LogP contribution in [0.4, 0.5) is 0 Å². The Morgan fingerprint density at radius 3 is 2.52 bits per heavy atom. The van der Waals surface area contributed by atoms with Crippen LogP contribution in [0.25, 0.3) is 11.5 Å². The Kier molecular flexibility index (Phi) is 4.69. The van der Waals surface area contributed by atoms with Gasteiger partial charge in [0.05, 0.1) is 7.05 Å². The van der Waals surface area contributed by atoms with Crippen molar-refractivity contribution in [1.82, 2.24) is 9.78 Å². The highest BCUT2D eigenvalue weighted by Gasteiger charge is 2.12. The first-order chi connectivity index (χ1) is 11.1. The second kappa shape index (κ2) is 6.89. The number of rotatable bonds is 5. The molecule has 1 atom stereocenters. The maximum Gasteiger partial charge on any atom is 0.292 e. The molecule has 23 heavy (non-hydrogen) atoms. The first-order valence-electron chi connectivity index (χ1n) is 7.62. The molecule has 2 aromatic carbocycles. The summed E-state index contributed by atoms with van der Waals surface area (Å²) in [5, 5.41) is 4.51. The fraction of sp³-hybridized carbons (Fsp3) is 0.222. The molecule has 118 valence electrons. The molecule has 0 saturated carbocycles. The van der Waals surface area contributed by atoms with Crippen LogP contribution >= 0.6 is 12.2 Å². The molecule has 4 nitrogen and oxygen atoms in total. The molecule has 0 aliphatic heterocycles. The number of quaternary nitrogens is 1. The molecule has 5 heteroatoms. The van der Waals surface area contributed by atoms with Crippen molar-refractivity contribution in [2.45, 2.75) is 20.1 Å².